The Morgan fingerprint density at radius 1 is 0.283 bits per heavy atom. The molecule has 0 unspecified atom stereocenters. The second-order valence-electron chi connectivity index (χ2n) is 15.3. The van der Waals surface area contributed by atoms with Gasteiger partial charge in [-0.15, -0.1) is 0 Å². The number of hydrogen-bond acceptors (Lipinski definition) is 2. The number of hydrogen-bond donors (Lipinski definition) is 0. The van der Waals surface area contributed by atoms with E-state index in [1.165, 1.54) is 49.7 Å². The van der Waals surface area contributed by atoms with Crippen LogP contribution in [0.1, 0.15) is 0 Å². The topological polar surface area (TPSA) is 16.4 Å². The summed E-state index contributed by atoms with van der Waals surface area (Å²) in [7, 11) is 0. The number of nitrogens with zero attached hydrogens (tertiary/aromatic N) is 1. The fourth-order valence-electron chi connectivity index (χ4n) is 8.77. The largest absolute Gasteiger partial charge is 0.456 e. The smallest absolute Gasteiger partial charge is 0.135 e. The summed E-state index contributed by atoms with van der Waals surface area (Å²) in [5, 5.41) is 4.72. The third-order valence-electron chi connectivity index (χ3n) is 11.7. The first-order valence-corrected chi connectivity index (χ1v) is 20.5. The molecule has 1 aromatic heterocycles. The molecule has 11 rings (SSSR count). The molecule has 282 valence electrons. The van der Waals surface area contributed by atoms with E-state index in [-0.39, 0.29) is 0 Å². The van der Waals surface area contributed by atoms with Crippen LogP contribution >= 0.6 is 0 Å². The van der Waals surface area contributed by atoms with E-state index < -0.39 is 0 Å². The zero-order valence-corrected chi connectivity index (χ0v) is 32.9. The second kappa shape index (κ2) is 15.1. The Kier molecular flexibility index (Phi) is 8.87. The lowest BCUT2D eigenvalue weighted by Gasteiger charge is -2.30. The molecule has 10 aromatic carbocycles. The molecule has 0 atom stereocenters. The van der Waals surface area contributed by atoms with Gasteiger partial charge in [-0.2, -0.15) is 0 Å². The van der Waals surface area contributed by atoms with Crippen LogP contribution in [-0.2, 0) is 0 Å². The number of anilines is 3. The average Bonchev–Trinajstić information content (AvgIpc) is 3.70. The van der Waals surface area contributed by atoms with Crippen LogP contribution in [0, 0.1) is 0 Å². The molecule has 0 aliphatic rings. The minimum absolute atomic E-state index is 0.899. The van der Waals surface area contributed by atoms with Crippen molar-refractivity contribution in [2.45, 2.75) is 0 Å². The molecule has 0 radical (unpaired) electrons. The van der Waals surface area contributed by atoms with E-state index in [0.29, 0.717) is 0 Å². The fourth-order valence-corrected chi connectivity index (χ4v) is 8.77. The van der Waals surface area contributed by atoms with Crippen LogP contribution in [0.15, 0.2) is 241 Å². The Hall–Kier alpha value is -7.94. The summed E-state index contributed by atoms with van der Waals surface area (Å²) in [6, 6.07) is 85.1. The molecule has 2 heteroatoms. The van der Waals surface area contributed by atoms with E-state index in [1.54, 1.807) is 0 Å². The van der Waals surface area contributed by atoms with Gasteiger partial charge in [0.05, 0.1) is 5.69 Å². The minimum atomic E-state index is 0.899. The maximum absolute atomic E-state index is 6.17. The molecule has 1 heterocycles. The van der Waals surface area contributed by atoms with Gasteiger partial charge in [-0.25, -0.2) is 0 Å². The van der Waals surface area contributed by atoms with E-state index in [0.717, 1.165) is 55.7 Å². The molecule has 0 fully saturated rings. The molecule has 60 heavy (non-hydrogen) atoms. The van der Waals surface area contributed by atoms with Crippen LogP contribution < -0.4 is 4.90 Å². The van der Waals surface area contributed by atoms with Crippen LogP contribution in [0.2, 0.25) is 0 Å². The van der Waals surface area contributed by atoms with E-state index in [9.17, 15) is 0 Å². The second-order valence-corrected chi connectivity index (χ2v) is 15.3. The zero-order chi connectivity index (χ0) is 39.8. The van der Waals surface area contributed by atoms with Crippen molar-refractivity contribution in [3.05, 3.63) is 237 Å². The molecular weight excluding hydrogens is 727 g/mol. The standard InChI is InChI=1S/C58H39NO/c1-3-16-42(17-4-1)50-23-9-10-25-53(50)58-51(43-18-5-2-6-19-43)26-14-27-55(58)59(49-22-13-21-45(38-49)46-30-29-40-15-7-8-20-44(40)37-46)48-34-31-41(32-35-48)47-33-36-57-54(39-47)52-24-11-12-28-56(52)60-57/h1-39H. The lowest BCUT2D eigenvalue weighted by atomic mass is 9.87. The quantitative estimate of drug-likeness (QED) is 0.153. The van der Waals surface area contributed by atoms with Crippen molar-refractivity contribution in [2.75, 3.05) is 4.90 Å². The summed E-state index contributed by atoms with van der Waals surface area (Å²) in [5.74, 6) is 0. The molecule has 0 spiro atoms. The van der Waals surface area contributed by atoms with Gasteiger partial charge in [-0.1, -0.05) is 182 Å². The van der Waals surface area contributed by atoms with Crippen LogP contribution in [0.5, 0.6) is 0 Å². The Morgan fingerprint density at radius 3 is 1.67 bits per heavy atom. The molecule has 0 aliphatic carbocycles. The highest BCUT2D eigenvalue weighted by Gasteiger charge is 2.23. The number of rotatable bonds is 8. The summed E-state index contributed by atoms with van der Waals surface area (Å²) >= 11 is 0. The minimum Gasteiger partial charge on any atom is -0.456 e. The molecular formula is C58H39NO. The molecule has 0 aliphatic heterocycles. The lowest BCUT2D eigenvalue weighted by molar-refractivity contribution is 0.669. The Labute approximate surface area is 349 Å². The molecule has 0 N–H and O–H groups in total. The van der Waals surface area contributed by atoms with Gasteiger partial charge in [0.1, 0.15) is 11.2 Å². The highest BCUT2D eigenvalue weighted by molar-refractivity contribution is 6.06. The average molecular weight is 766 g/mol. The first-order chi connectivity index (χ1) is 29.7. The van der Waals surface area contributed by atoms with Crippen molar-refractivity contribution in [1.82, 2.24) is 0 Å². The first kappa shape index (κ1) is 35.2. The van der Waals surface area contributed by atoms with Gasteiger partial charge >= 0.3 is 0 Å². The predicted molar refractivity (Wildman–Crippen MR) is 253 cm³/mol. The molecule has 0 amide bonds. The Balaban J connectivity index is 1.12. The van der Waals surface area contributed by atoms with Gasteiger partial charge in [0.25, 0.3) is 0 Å². The van der Waals surface area contributed by atoms with E-state index in [4.69, 9.17) is 4.42 Å². The number of para-hydroxylation sites is 1. The normalized spacial score (nSPS) is 11.3. The van der Waals surface area contributed by atoms with Gasteiger partial charge in [0.2, 0.25) is 0 Å². The van der Waals surface area contributed by atoms with Crippen molar-refractivity contribution in [1.29, 1.82) is 0 Å². The first-order valence-electron chi connectivity index (χ1n) is 20.5. The highest BCUT2D eigenvalue weighted by Crippen LogP contribution is 2.48. The monoisotopic (exact) mass is 765 g/mol. The summed E-state index contributed by atoms with van der Waals surface area (Å²) in [6.07, 6.45) is 0. The predicted octanol–water partition coefficient (Wildman–Crippen LogP) is 16.5. The van der Waals surface area contributed by atoms with E-state index in [1.807, 2.05) is 12.1 Å². The summed E-state index contributed by atoms with van der Waals surface area (Å²) in [4.78, 5) is 2.44. The zero-order valence-electron chi connectivity index (χ0n) is 32.9. The van der Waals surface area contributed by atoms with Crippen molar-refractivity contribution >= 4 is 49.8 Å². The summed E-state index contributed by atoms with van der Waals surface area (Å²) in [6.45, 7) is 0. The van der Waals surface area contributed by atoms with Gasteiger partial charge in [-0.05, 0) is 115 Å². The van der Waals surface area contributed by atoms with Crippen LogP contribution in [0.4, 0.5) is 17.1 Å². The molecule has 11 aromatic rings. The Bertz CT molecular complexity index is 3310. The number of fused-ring (bicyclic) bond motifs is 4. The molecule has 2 nitrogen and oxygen atoms in total. The summed E-state index contributed by atoms with van der Waals surface area (Å²) in [5.41, 5.74) is 16.7. The number of benzene rings is 10. The van der Waals surface area contributed by atoms with Crippen molar-refractivity contribution in [3.8, 4) is 55.6 Å². The van der Waals surface area contributed by atoms with Crippen LogP contribution in [-0.4, -0.2) is 0 Å². The van der Waals surface area contributed by atoms with Crippen LogP contribution in [0.25, 0.3) is 88.3 Å². The van der Waals surface area contributed by atoms with Gasteiger partial charge in [0.15, 0.2) is 0 Å². The van der Waals surface area contributed by atoms with Gasteiger partial charge in [-0.3, -0.25) is 0 Å². The Morgan fingerprint density at radius 2 is 0.850 bits per heavy atom. The van der Waals surface area contributed by atoms with E-state index >= 15 is 0 Å². The highest BCUT2D eigenvalue weighted by atomic mass is 16.3. The number of furan rings is 1. The van der Waals surface area contributed by atoms with E-state index in [2.05, 4.69) is 229 Å². The molecule has 0 bridgehead atoms. The van der Waals surface area contributed by atoms with Crippen molar-refractivity contribution in [2.24, 2.45) is 0 Å². The van der Waals surface area contributed by atoms with Gasteiger partial charge in [0, 0.05) is 27.7 Å². The maximum atomic E-state index is 6.17. The maximum Gasteiger partial charge on any atom is 0.135 e. The lowest BCUT2D eigenvalue weighted by Crippen LogP contribution is -2.12. The van der Waals surface area contributed by atoms with Gasteiger partial charge < -0.3 is 9.32 Å². The third kappa shape index (κ3) is 6.41. The van der Waals surface area contributed by atoms with Crippen molar-refractivity contribution in [3.63, 3.8) is 0 Å². The third-order valence-corrected chi connectivity index (χ3v) is 11.7. The van der Waals surface area contributed by atoms with Crippen molar-refractivity contribution < 1.29 is 4.42 Å². The molecule has 0 saturated heterocycles. The summed E-state index contributed by atoms with van der Waals surface area (Å²) < 4.78 is 6.17. The molecule has 0 saturated carbocycles. The SMILES string of the molecule is c1ccc(-c2ccccc2-c2c(-c3ccccc3)cccc2N(c2ccc(-c3ccc4oc5ccccc5c4c3)cc2)c2cccc(-c3ccc4ccccc4c3)c2)cc1. The fraction of sp³-hybridized carbons (Fsp3) is 0. The van der Waals surface area contributed by atoms with Crippen LogP contribution in [0.3, 0.4) is 0 Å².